The van der Waals surface area contributed by atoms with Gasteiger partial charge in [-0.2, -0.15) is 10.2 Å². The highest BCUT2D eigenvalue weighted by Crippen LogP contribution is 2.09. The van der Waals surface area contributed by atoms with E-state index in [2.05, 4.69) is 15.3 Å². The lowest BCUT2D eigenvalue weighted by atomic mass is 10.3. The average Bonchev–Trinajstić information content (AvgIpc) is 2.65. The van der Waals surface area contributed by atoms with Crippen molar-refractivity contribution in [1.82, 2.24) is 20.0 Å². The van der Waals surface area contributed by atoms with Crippen LogP contribution >= 0.6 is 0 Å². The van der Waals surface area contributed by atoms with E-state index >= 15 is 0 Å². The molecule has 2 rings (SSSR count). The number of aromatic nitrogens is 4. The SMILES string of the molecule is Cc1cnn(-c2nnccc2C(=O)O)c1. The summed E-state index contributed by atoms with van der Waals surface area (Å²) in [5.74, 6) is -0.828. The lowest BCUT2D eigenvalue weighted by Gasteiger charge is -2.02. The molecule has 0 radical (unpaired) electrons. The maximum absolute atomic E-state index is 10.9. The summed E-state index contributed by atoms with van der Waals surface area (Å²) in [7, 11) is 0. The first-order valence-corrected chi connectivity index (χ1v) is 4.25. The Morgan fingerprint density at radius 2 is 2.33 bits per heavy atom. The molecule has 6 heteroatoms. The molecule has 0 fully saturated rings. The van der Waals surface area contributed by atoms with E-state index in [0.717, 1.165) is 5.56 Å². The van der Waals surface area contributed by atoms with E-state index in [-0.39, 0.29) is 11.4 Å². The first-order chi connectivity index (χ1) is 7.18. The summed E-state index contributed by atoms with van der Waals surface area (Å²) >= 11 is 0. The standard InChI is InChI=1S/C9H8N4O2/c1-6-4-11-13(5-6)8-7(9(14)15)2-3-10-12-8/h2-5H,1H3,(H,14,15). The molecule has 0 spiro atoms. The van der Waals surface area contributed by atoms with Gasteiger partial charge in [0.15, 0.2) is 5.82 Å². The molecule has 2 heterocycles. The van der Waals surface area contributed by atoms with Crippen molar-refractivity contribution in [1.29, 1.82) is 0 Å². The van der Waals surface area contributed by atoms with E-state index in [4.69, 9.17) is 5.11 Å². The van der Waals surface area contributed by atoms with Gasteiger partial charge in [-0.15, -0.1) is 5.10 Å². The van der Waals surface area contributed by atoms with Crippen LogP contribution in [0.1, 0.15) is 15.9 Å². The summed E-state index contributed by atoms with van der Waals surface area (Å²) in [6.07, 6.45) is 4.65. The number of carbonyl (C=O) groups is 1. The van der Waals surface area contributed by atoms with E-state index < -0.39 is 5.97 Å². The molecule has 0 aliphatic carbocycles. The molecular formula is C9H8N4O2. The second kappa shape index (κ2) is 3.49. The fraction of sp³-hybridized carbons (Fsp3) is 0.111. The number of hydrogen-bond acceptors (Lipinski definition) is 4. The molecule has 0 amide bonds. The zero-order chi connectivity index (χ0) is 10.8. The molecule has 1 N–H and O–H groups in total. The van der Waals surface area contributed by atoms with Crippen molar-refractivity contribution in [2.45, 2.75) is 6.92 Å². The highest BCUT2D eigenvalue weighted by atomic mass is 16.4. The van der Waals surface area contributed by atoms with E-state index in [9.17, 15) is 4.79 Å². The van der Waals surface area contributed by atoms with Gasteiger partial charge >= 0.3 is 5.97 Å². The second-order valence-electron chi connectivity index (χ2n) is 3.04. The first kappa shape index (κ1) is 9.32. The number of hydrogen-bond donors (Lipinski definition) is 1. The zero-order valence-electron chi connectivity index (χ0n) is 7.95. The number of aryl methyl sites for hydroxylation is 1. The van der Waals surface area contributed by atoms with Crippen molar-refractivity contribution < 1.29 is 9.90 Å². The van der Waals surface area contributed by atoms with E-state index in [1.165, 1.54) is 16.9 Å². The van der Waals surface area contributed by atoms with Gasteiger partial charge in [-0.25, -0.2) is 9.48 Å². The van der Waals surface area contributed by atoms with Crippen LogP contribution in [0.25, 0.3) is 5.82 Å². The monoisotopic (exact) mass is 204 g/mol. The van der Waals surface area contributed by atoms with Gasteiger partial charge in [0.25, 0.3) is 0 Å². The molecule has 0 unspecified atom stereocenters. The smallest absolute Gasteiger partial charge is 0.339 e. The fourth-order valence-electron chi connectivity index (χ4n) is 1.19. The number of carboxylic acids is 1. The van der Waals surface area contributed by atoms with Gasteiger partial charge in [-0.3, -0.25) is 0 Å². The molecular weight excluding hydrogens is 196 g/mol. The molecule has 76 valence electrons. The minimum absolute atomic E-state index is 0.0769. The van der Waals surface area contributed by atoms with E-state index in [1.54, 1.807) is 12.4 Å². The molecule has 0 aliphatic heterocycles. The van der Waals surface area contributed by atoms with Crippen molar-refractivity contribution in [3.05, 3.63) is 35.8 Å². The van der Waals surface area contributed by atoms with Crippen LogP contribution in [0.5, 0.6) is 0 Å². The number of carboxylic acid groups (broad SMARTS) is 1. The summed E-state index contributed by atoms with van der Waals surface area (Å²) in [4.78, 5) is 10.9. The quantitative estimate of drug-likeness (QED) is 0.777. The van der Waals surface area contributed by atoms with Crippen molar-refractivity contribution in [2.24, 2.45) is 0 Å². The minimum atomic E-state index is -1.05. The third kappa shape index (κ3) is 1.69. The second-order valence-corrected chi connectivity index (χ2v) is 3.04. The van der Waals surface area contributed by atoms with Gasteiger partial charge < -0.3 is 5.11 Å². The molecule has 0 bridgehead atoms. The number of nitrogens with zero attached hydrogens (tertiary/aromatic N) is 4. The van der Waals surface area contributed by atoms with Crippen LogP contribution in [0.2, 0.25) is 0 Å². The molecule has 0 atom stereocenters. The number of rotatable bonds is 2. The molecule has 2 aromatic heterocycles. The average molecular weight is 204 g/mol. The fourth-order valence-corrected chi connectivity index (χ4v) is 1.19. The summed E-state index contributed by atoms with van der Waals surface area (Å²) < 4.78 is 1.39. The minimum Gasteiger partial charge on any atom is -0.478 e. The molecule has 0 aromatic carbocycles. The molecule has 0 saturated carbocycles. The van der Waals surface area contributed by atoms with Crippen LogP contribution in [0.3, 0.4) is 0 Å². The van der Waals surface area contributed by atoms with E-state index in [0.29, 0.717) is 0 Å². The Morgan fingerprint density at radius 3 is 2.93 bits per heavy atom. The first-order valence-electron chi connectivity index (χ1n) is 4.25. The van der Waals surface area contributed by atoms with Crippen LogP contribution in [0, 0.1) is 6.92 Å². The molecule has 6 nitrogen and oxygen atoms in total. The molecule has 2 aromatic rings. The summed E-state index contributed by atoms with van der Waals surface area (Å²) in [5.41, 5.74) is 1.00. The predicted molar refractivity (Wildman–Crippen MR) is 50.9 cm³/mol. The van der Waals surface area contributed by atoms with Crippen LogP contribution in [0.4, 0.5) is 0 Å². The molecule has 0 saturated heterocycles. The van der Waals surface area contributed by atoms with Gasteiger partial charge in [0.2, 0.25) is 0 Å². The van der Waals surface area contributed by atoms with Crippen molar-refractivity contribution in [3.8, 4) is 5.82 Å². The van der Waals surface area contributed by atoms with Gasteiger partial charge in [-0.05, 0) is 18.6 Å². The highest BCUT2D eigenvalue weighted by molar-refractivity contribution is 5.90. The Kier molecular flexibility index (Phi) is 2.17. The normalized spacial score (nSPS) is 10.2. The number of aromatic carboxylic acids is 1. The summed E-state index contributed by atoms with van der Waals surface area (Å²) in [6.45, 7) is 1.86. The van der Waals surface area contributed by atoms with Gasteiger partial charge in [0.1, 0.15) is 5.56 Å². The van der Waals surface area contributed by atoms with Crippen LogP contribution in [0.15, 0.2) is 24.7 Å². The third-order valence-electron chi connectivity index (χ3n) is 1.86. The summed E-state index contributed by atoms with van der Waals surface area (Å²) in [6, 6.07) is 1.39. The van der Waals surface area contributed by atoms with Crippen LogP contribution < -0.4 is 0 Å². The maximum atomic E-state index is 10.9. The maximum Gasteiger partial charge on any atom is 0.339 e. The Bertz CT molecular complexity index is 506. The Hall–Kier alpha value is -2.24. The van der Waals surface area contributed by atoms with Gasteiger partial charge in [-0.1, -0.05) is 0 Å². The highest BCUT2D eigenvalue weighted by Gasteiger charge is 2.13. The predicted octanol–water partition coefficient (Wildman–Crippen LogP) is 0.669. The Balaban J connectivity index is 2.57. The lowest BCUT2D eigenvalue weighted by Crippen LogP contribution is -2.08. The van der Waals surface area contributed by atoms with E-state index in [1.807, 2.05) is 6.92 Å². The zero-order valence-corrected chi connectivity index (χ0v) is 7.95. The van der Waals surface area contributed by atoms with Crippen molar-refractivity contribution in [2.75, 3.05) is 0 Å². The third-order valence-corrected chi connectivity index (χ3v) is 1.86. The largest absolute Gasteiger partial charge is 0.478 e. The Morgan fingerprint density at radius 1 is 1.53 bits per heavy atom. The summed E-state index contributed by atoms with van der Waals surface area (Å²) in [5, 5.41) is 20.3. The molecule has 0 aliphatic rings. The van der Waals surface area contributed by atoms with Crippen LogP contribution in [-0.4, -0.2) is 31.1 Å². The van der Waals surface area contributed by atoms with Crippen molar-refractivity contribution >= 4 is 5.97 Å². The Labute approximate surface area is 85.2 Å². The van der Waals surface area contributed by atoms with Crippen molar-refractivity contribution in [3.63, 3.8) is 0 Å². The topological polar surface area (TPSA) is 80.9 Å². The van der Waals surface area contributed by atoms with Crippen LogP contribution in [-0.2, 0) is 0 Å². The van der Waals surface area contributed by atoms with Gasteiger partial charge in [0, 0.05) is 6.20 Å². The molecule has 15 heavy (non-hydrogen) atoms. The van der Waals surface area contributed by atoms with Gasteiger partial charge in [0.05, 0.1) is 12.4 Å². The lowest BCUT2D eigenvalue weighted by molar-refractivity contribution is 0.0696.